The smallest absolute Gasteiger partial charge is 0.333 e. The number of rotatable bonds is 22. The number of hydrogen-bond acceptors (Lipinski definition) is 10. The summed E-state index contributed by atoms with van der Waals surface area (Å²) in [5.74, 6) is -1.18. The second-order valence-electron chi connectivity index (χ2n) is 12.0. The second kappa shape index (κ2) is 21.6. The molecule has 0 radical (unpaired) electrons. The molecule has 0 N–H and O–H groups in total. The lowest BCUT2D eigenvalue weighted by Gasteiger charge is -2.18. The number of carbonyl (C=O) groups excluding carboxylic acids is 4. The second-order valence-corrected chi connectivity index (χ2v) is 12.0. The molecule has 0 aromatic heterocycles. The average Bonchev–Trinajstić information content (AvgIpc) is 3.09. The van der Waals surface area contributed by atoms with Gasteiger partial charge in [-0.25, -0.2) is 19.2 Å². The van der Waals surface area contributed by atoms with Crippen LogP contribution in [0, 0.1) is 11.8 Å². The highest BCUT2D eigenvalue weighted by molar-refractivity contribution is 5.88. The Labute approximate surface area is 295 Å². The molecular weight excluding hydrogens is 640 g/mol. The summed E-state index contributed by atoms with van der Waals surface area (Å²) in [6.07, 6.45) is 4.94. The Bertz CT molecular complexity index is 1360. The van der Waals surface area contributed by atoms with Gasteiger partial charge in [0.1, 0.15) is 11.5 Å². The zero-order chi connectivity index (χ0) is 37.1. The maximum atomic E-state index is 11.8. The molecule has 50 heavy (non-hydrogen) atoms. The zero-order valence-corrected chi connectivity index (χ0v) is 29.5. The van der Waals surface area contributed by atoms with E-state index in [9.17, 15) is 19.2 Å². The first kappa shape index (κ1) is 40.8. The van der Waals surface area contributed by atoms with Crippen molar-refractivity contribution in [1.82, 2.24) is 0 Å². The van der Waals surface area contributed by atoms with Crippen LogP contribution in [-0.4, -0.2) is 63.5 Å². The lowest BCUT2D eigenvalue weighted by Crippen LogP contribution is -2.23. The minimum atomic E-state index is -0.502. The summed E-state index contributed by atoms with van der Waals surface area (Å²) < 4.78 is 32.8. The predicted octanol–water partition coefficient (Wildman–Crippen LogP) is 7.10. The van der Waals surface area contributed by atoms with E-state index in [0.717, 1.165) is 11.1 Å². The lowest BCUT2D eigenvalue weighted by atomic mass is 10.1. The number of hydrogen-bond donors (Lipinski definition) is 0. The van der Waals surface area contributed by atoms with Crippen molar-refractivity contribution in [3.63, 3.8) is 0 Å². The van der Waals surface area contributed by atoms with E-state index in [1.165, 1.54) is 0 Å². The van der Waals surface area contributed by atoms with Crippen molar-refractivity contribution in [1.29, 1.82) is 0 Å². The third-order valence-corrected chi connectivity index (χ3v) is 7.01. The molecule has 10 nitrogen and oxygen atoms in total. The number of benzene rings is 2. The number of esters is 4. The van der Waals surface area contributed by atoms with Crippen molar-refractivity contribution < 1.29 is 47.6 Å². The summed E-state index contributed by atoms with van der Waals surface area (Å²) in [4.78, 5) is 47.3. The Hall–Kier alpha value is -5.38. The molecule has 0 spiro atoms. The largest absolute Gasteiger partial charge is 0.494 e. The summed E-state index contributed by atoms with van der Waals surface area (Å²) in [6, 6.07) is 15.2. The Morgan fingerprint density at radius 2 is 0.760 bits per heavy atom. The SMILES string of the molecule is C=C(C)C(=O)OCC(CCOc1ccc(/C=C/c2ccc(OCCC(COC(=O)C(=C)C)COC(=O)C(=C)C)cc2)cc1)COC(=O)C(=C)C. The van der Waals surface area contributed by atoms with Gasteiger partial charge < -0.3 is 28.4 Å². The average molecular weight is 689 g/mol. The van der Waals surface area contributed by atoms with Gasteiger partial charge >= 0.3 is 23.9 Å². The summed E-state index contributed by atoms with van der Waals surface area (Å²) in [6.45, 7) is 21.5. The third kappa shape index (κ3) is 16.1. The van der Waals surface area contributed by atoms with Crippen LogP contribution in [0.2, 0.25) is 0 Å². The van der Waals surface area contributed by atoms with Gasteiger partial charge in [-0.1, -0.05) is 62.7 Å². The molecule has 0 unspecified atom stereocenters. The molecular formula is C40H48O10. The highest BCUT2D eigenvalue weighted by atomic mass is 16.6. The Morgan fingerprint density at radius 3 is 1.00 bits per heavy atom. The Morgan fingerprint density at radius 1 is 0.500 bits per heavy atom. The first-order valence-electron chi connectivity index (χ1n) is 16.2. The van der Waals surface area contributed by atoms with E-state index in [-0.39, 0.29) is 38.3 Å². The van der Waals surface area contributed by atoms with Gasteiger partial charge in [-0.05, 0) is 75.9 Å². The normalized spacial score (nSPS) is 10.8. The fraction of sp³-hybridized carbons (Fsp3) is 0.350. The molecule has 0 aliphatic carbocycles. The maximum absolute atomic E-state index is 11.8. The van der Waals surface area contributed by atoms with E-state index in [0.29, 0.717) is 59.8 Å². The van der Waals surface area contributed by atoms with Gasteiger partial charge in [0.2, 0.25) is 0 Å². The van der Waals surface area contributed by atoms with Crippen LogP contribution in [0.25, 0.3) is 12.2 Å². The van der Waals surface area contributed by atoms with Crippen molar-refractivity contribution in [2.45, 2.75) is 40.5 Å². The zero-order valence-electron chi connectivity index (χ0n) is 29.5. The minimum Gasteiger partial charge on any atom is -0.494 e. The Kier molecular flexibility index (Phi) is 17.6. The van der Waals surface area contributed by atoms with Gasteiger partial charge in [-0.15, -0.1) is 0 Å². The molecule has 0 atom stereocenters. The number of carbonyl (C=O) groups is 4. The molecule has 0 heterocycles. The fourth-order valence-corrected chi connectivity index (χ4v) is 3.93. The van der Waals surface area contributed by atoms with Crippen molar-refractivity contribution in [3.8, 4) is 11.5 Å². The van der Waals surface area contributed by atoms with Crippen LogP contribution in [0.4, 0.5) is 0 Å². The molecule has 0 amide bonds. The van der Waals surface area contributed by atoms with Crippen LogP contribution >= 0.6 is 0 Å². The summed E-state index contributed by atoms with van der Waals surface area (Å²) >= 11 is 0. The highest BCUT2D eigenvalue weighted by Crippen LogP contribution is 2.19. The van der Waals surface area contributed by atoms with Gasteiger partial charge in [-0.2, -0.15) is 0 Å². The van der Waals surface area contributed by atoms with Crippen LogP contribution in [-0.2, 0) is 38.1 Å². The Balaban J connectivity index is 1.85. The van der Waals surface area contributed by atoms with Crippen LogP contribution < -0.4 is 9.47 Å². The van der Waals surface area contributed by atoms with E-state index < -0.39 is 23.9 Å². The van der Waals surface area contributed by atoms with Crippen molar-refractivity contribution >= 4 is 36.0 Å². The highest BCUT2D eigenvalue weighted by Gasteiger charge is 2.17. The maximum Gasteiger partial charge on any atom is 0.333 e. The monoisotopic (exact) mass is 688 g/mol. The van der Waals surface area contributed by atoms with E-state index in [1.807, 2.05) is 60.7 Å². The van der Waals surface area contributed by atoms with Crippen molar-refractivity contribution in [2.75, 3.05) is 39.6 Å². The predicted molar refractivity (Wildman–Crippen MR) is 192 cm³/mol. The van der Waals surface area contributed by atoms with E-state index >= 15 is 0 Å². The summed E-state index contributed by atoms with van der Waals surface area (Å²) in [5.41, 5.74) is 3.11. The van der Waals surface area contributed by atoms with Gasteiger partial charge in [-0.3, -0.25) is 0 Å². The molecule has 2 rings (SSSR count). The van der Waals surface area contributed by atoms with Crippen LogP contribution in [0.5, 0.6) is 11.5 Å². The standard InChI is InChI=1S/C40H48O10/c1-27(2)37(41)47-23-33(24-48-38(42)28(3)4)19-21-45-35-15-11-31(12-16-35)9-10-32-13-17-36(18-14-32)46-22-20-34(25-49-39(43)29(5)6)26-50-40(44)30(7)8/h9-18,33-34H,1,3,5,7,19-26H2,2,4,6,8H3/b10-9+. The quantitative estimate of drug-likeness (QED) is 0.0548. The van der Waals surface area contributed by atoms with Gasteiger partial charge in [0.05, 0.1) is 39.6 Å². The van der Waals surface area contributed by atoms with E-state index in [1.54, 1.807) is 27.7 Å². The number of ether oxygens (including phenoxy) is 6. The molecule has 0 bridgehead atoms. The summed E-state index contributed by atoms with van der Waals surface area (Å²) in [5, 5.41) is 0. The van der Waals surface area contributed by atoms with Crippen molar-refractivity contribution in [3.05, 3.63) is 108 Å². The molecule has 0 aliphatic rings. The first-order valence-corrected chi connectivity index (χ1v) is 16.2. The molecule has 268 valence electrons. The van der Waals surface area contributed by atoms with Gasteiger partial charge in [0, 0.05) is 34.1 Å². The fourth-order valence-electron chi connectivity index (χ4n) is 3.93. The van der Waals surface area contributed by atoms with Crippen LogP contribution in [0.15, 0.2) is 97.1 Å². The lowest BCUT2D eigenvalue weighted by molar-refractivity contribution is -0.146. The molecule has 0 saturated carbocycles. The van der Waals surface area contributed by atoms with Crippen LogP contribution in [0.1, 0.15) is 51.7 Å². The minimum absolute atomic E-state index is 0.0688. The van der Waals surface area contributed by atoms with E-state index in [2.05, 4.69) is 26.3 Å². The molecule has 10 heteroatoms. The van der Waals surface area contributed by atoms with Crippen molar-refractivity contribution in [2.24, 2.45) is 11.8 Å². The molecule has 2 aromatic carbocycles. The van der Waals surface area contributed by atoms with E-state index in [4.69, 9.17) is 28.4 Å². The molecule has 0 aliphatic heterocycles. The van der Waals surface area contributed by atoms with Gasteiger partial charge in [0.15, 0.2) is 0 Å². The topological polar surface area (TPSA) is 124 Å². The molecule has 2 aromatic rings. The van der Waals surface area contributed by atoms with Gasteiger partial charge in [0.25, 0.3) is 0 Å². The molecule has 0 saturated heterocycles. The van der Waals surface area contributed by atoms with Crippen LogP contribution in [0.3, 0.4) is 0 Å². The molecule has 0 fully saturated rings. The third-order valence-electron chi connectivity index (χ3n) is 7.01. The first-order chi connectivity index (χ1) is 23.7. The summed E-state index contributed by atoms with van der Waals surface area (Å²) in [7, 11) is 0.